The van der Waals surface area contributed by atoms with Crippen LogP contribution < -0.4 is 10.4 Å². The minimum absolute atomic E-state index is 0.111. The lowest BCUT2D eigenvalue weighted by Gasteiger charge is -2.12. The van der Waals surface area contributed by atoms with Crippen LogP contribution in [0.2, 0.25) is 0 Å². The van der Waals surface area contributed by atoms with Crippen molar-refractivity contribution in [3.63, 3.8) is 0 Å². The third kappa shape index (κ3) is 2.73. The molecule has 0 aliphatic rings. The van der Waals surface area contributed by atoms with Crippen molar-refractivity contribution in [1.82, 2.24) is 14.7 Å². The first-order valence-corrected chi connectivity index (χ1v) is 7.29. The van der Waals surface area contributed by atoms with Gasteiger partial charge in [0.2, 0.25) is 10.0 Å². The molecule has 9 heteroatoms. The van der Waals surface area contributed by atoms with Crippen LogP contribution in [0.3, 0.4) is 0 Å². The molecule has 0 aliphatic heterocycles. The van der Waals surface area contributed by atoms with E-state index in [1.165, 1.54) is 18.2 Å². The lowest BCUT2D eigenvalue weighted by atomic mass is 10.2. The second-order valence-corrected chi connectivity index (χ2v) is 5.92. The van der Waals surface area contributed by atoms with Gasteiger partial charge in [0.25, 0.3) is 0 Å². The normalized spacial score (nSPS) is 13.4. The van der Waals surface area contributed by atoms with Crippen molar-refractivity contribution in [2.45, 2.75) is 24.3 Å². The van der Waals surface area contributed by atoms with Crippen molar-refractivity contribution in [3.05, 3.63) is 28.7 Å². The third-order valence-electron chi connectivity index (χ3n) is 2.80. The van der Waals surface area contributed by atoms with Crippen LogP contribution >= 0.6 is 0 Å². The van der Waals surface area contributed by atoms with Gasteiger partial charge in [-0.25, -0.2) is 13.2 Å². The fourth-order valence-corrected chi connectivity index (χ4v) is 3.04. The van der Waals surface area contributed by atoms with Gasteiger partial charge in [0, 0.05) is 0 Å². The lowest BCUT2D eigenvalue weighted by Crippen LogP contribution is -2.40. The lowest BCUT2D eigenvalue weighted by molar-refractivity contribution is -0.139. The maximum Gasteiger partial charge on any atom is 0.323 e. The number of nitrogens with one attached hydrogen (secondary N) is 3. The van der Waals surface area contributed by atoms with E-state index < -0.39 is 27.7 Å². The number of carbonyl (C=O) groups is 1. The number of aromatic amines is 2. The van der Waals surface area contributed by atoms with Crippen LogP contribution in [-0.4, -0.2) is 35.5 Å². The second-order valence-electron chi connectivity index (χ2n) is 4.21. The number of hydrogen-bond acceptors (Lipinski definition) is 4. The SMILES string of the molecule is CC[C@H](NS(=O)(=O)c1ccc2[nH]c(=O)[nH]c2c1)C(=O)O. The Hall–Kier alpha value is -2.13. The van der Waals surface area contributed by atoms with E-state index >= 15 is 0 Å². The molecule has 1 aromatic heterocycles. The zero-order chi connectivity index (χ0) is 14.9. The number of imidazole rings is 1. The molecule has 0 amide bonds. The molecule has 1 heterocycles. The molecular formula is C11H13N3O5S. The number of carboxylic acid groups (broad SMARTS) is 1. The summed E-state index contributed by atoms with van der Waals surface area (Å²) in [5.41, 5.74) is 0.361. The van der Waals surface area contributed by atoms with E-state index in [1.807, 2.05) is 0 Å². The van der Waals surface area contributed by atoms with Crippen LogP contribution in [0.15, 0.2) is 27.9 Å². The number of rotatable bonds is 5. The van der Waals surface area contributed by atoms with Gasteiger partial charge in [0.1, 0.15) is 6.04 Å². The van der Waals surface area contributed by atoms with Crippen molar-refractivity contribution < 1.29 is 18.3 Å². The van der Waals surface area contributed by atoms with E-state index in [1.54, 1.807) is 6.92 Å². The number of carboxylic acids is 1. The number of aromatic nitrogens is 2. The summed E-state index contributed by atoms with van der Waals surface area (Å²) < 4.78 is 26.3. The van der Waals surface area contributed by atoms with Crippen LogP contribution in [-0.2, 0) is 14.8 Å². The maximum atomic E-state index is 12.1. The van der Waals surface area contributed by atoms with E-state index in [-0.39, 0.29) is 11.3 Å². The monoisotopic (exact) mass is 299 g/mol. The second kappa shape index (κ2) is 5.10. The average molecular weight is 299 g/mol. The summed E-state index contributed by atoms with van der Waals surface area (Å²) in [6, 6.07) is 2.80. The first kappa shape index (κ1) is 14.3. The van der Waals surface area contributed by atoms with Crippen LogP contribution in [0.4, 0.5) is 0 Å². The van der Waals surface area contributed by atoms with Crippen LogP contribution in [0, 0.1) is 0 Å². The molecule has 4 N–H and O–H groups in total. The summed E-state index contributed by atoms with van der Waals surface area (Å²) in [5.74, 6) is -1.24. The number of sulfonamides is 1. The van der Waals surface area contributed by atoms with Crippen LogP contribution in [0.25, 0.3) is 11.0 Å². The highest BCUT2D eigenvalue weighted by Gasteiger charge is 2.24. The third-order valence-corrected chi connectivity index (χ3v) is 4.27. The molecule has 0 fully saturated rings. The minimum atomic E-state index is -3.97. The maximum absolute atomic E-state index is 12.1. The van der Waals surface area contributed by atoms with Gasteiger partial charge in [-0.05, 0) is 24.6 Å². The Morgan fingerprint density at radius 2 is 2.00 bits per heavy atom. The molecule has 20 heavy (non-hydrogen) atoms. The van der Waals surface area contributed by atoms with Crippen molar-refractivity contribution in [3.8, 4) is 0 Å². The van der Waals surface area contributed by atoms with Crippen LogP contribution in [0.5, 0.6) is 0 Å². The summed E-state index contributed by atoms with van der Waals surface area (Å²) in [4.78, 5) is 26.8. The standard InChI is InChI=1S/C11H13N3O5S/c1-2-7(10(15)16)14-20(18,19)6-3-4-8-9(5-6)13-11(17)12-8/h3-5,7,14H,2H2,1H3,(H,15,16)(H2,12,13,17)/t7-/m0/s1. The van der Waals surface area contributed by atoms with Gasteiger partial charge in [-0.1, -0.05) is 6.92 Å². The van der Waals surface area contributed by atoms with Gasteiger partial charge in [-0.15, -0.1) is 0 Å². The van der Waals surface area contributed by atoms with Gasteiger partial charge < -0.3 is 15.1 Å². The Kier molecular flexibility index (Phi) is 3.64. The van der Waals surface area contributed by atoms with E-state index in [0.29, 0.717) is 11.0 Å². The molecule has 0 radical (unpaired) electrons. The molecule has 2 rings (SSSR count). The molecule has 1 aromatic carbocycles. The molecule has 0 saturated heterocycles. The average Bonchev–Trinajstić information content (AvgIpc) is 2.74. The molecule has 0 bridgehead atoms. The van der Waals surface area contributed by atoms with E-state index in [2.05, 4.69) is 14.7 Å². The first-order valence-electron chi connectivity index (χ1n) is 5.80. The number of aliphatic carboxylic acids is 1. The van der Waals surface area contributed by atoms with E-state index in [9.17, 15) is 18.0 Å². The molecule has 2 aromatic rings. The van der Waals surface area contributed by atoms with E-state index in [4.69, 9.17) is 5.11 Å². The topological polar surface area (TPSA) is 132 Å². The Balaban J connectivity index is 2.40. The van der Waals surface area contributed by atoms with Gasteiger partial charge in [0.05, 0.1) is 15.9 Å². The predicted octanol–water partition coefficient (Wildman–Crippen LogP) is -0.00230. The molecule has 0 saturated carbocycles. The highest BCUT2D eigenvalue weighted by molar-refractivity contribution is 7.89. The number of H-pyrrole nitrogens is 2. The minimum Gasteiger partial charge on any atom is -0.480 e. The summed E-state index contributed by atoms with van der Waals surface area (Å²) in [6.07, 6.45) is 0.123. The zero-order valence-electron chi connectivity index (χ0n) is 10.5. The quantitative estimate of drug-likeness (QED) is 0.617. The summed E-state index contributed by atoms with van der Waals surface area (Å²) in [6.45, 7) is 1.56. The predicted molar refractivity (Wildman–Crippen MR) is 71.0 cm³/mol. The smallest absolute Gasteiger partial charge is 0.323 e. The van der Waals surface area contributed by atoms with Crippen molar-refractivity contribution in [2.24, 2.45) is 0 Å². The summed E-state index contributed by atoms with van der Waals surface area (Å²) >= 11 is 0. The molecule has 0 unspecified atom stereocenters. The number of fused-ring (bicyclic) bond motifs is 1. The molecule has 8 nitrogen and oxygen atoms in total. The largest absolute Gasteiger partial charge is 0.480 e. The Morgan fingerprint density at radius 1 is 1.35 bits per heavy atom. The number of benzene rings is 1. The molecule has 0 aliphatic carbocycles. The summed E-state index contributed by atoms with van der Waals surface area (Å²) in [7, 11) is -3.97. The highest BCUT2D eigenvalue weighted by atomic mass is 32.2. The Morgan fingerprint density at radius 3 is 2.60 bits per heavy atom. The van der Waals surface area contributed by atoms with Crippen molar-refractivity contribution in [2.75, 3.05) is 0 Å². The highest BCUT2D eigenvalue weighted by Crippen LogP contribution is 2.15. The fourth-order valence-electron chi connectivity index (χ4n) is 1.74. The van der Waals surface area contributed by atoms with Gasteiger partial charge in [-0.3, -0.25) is 4.79 Å². The van der Waals surface area contributed by atoms with Gasteiger partial charge in [-0.2, -0.15) is 4.72 Å². The molecular weight excluding hydrogens is 286 g/mol. The molecule has 1 atom stereocenters. The first-order chi connectivity index (χ1) is 9.33. The van der Waals surface area contributed by atoms with Crippen molar-refractivity contribution in [1.29, 1.82) is 0 Å². The van der Waals surface area contributed by atoms with Gasteiger partial charge in [0.15, 0.2) is 0 Å². The van der Waals surface area contributed by atoms with E-state index in [0.717, 1.165) is 0 Å². The van der Waals surface area contributed by atoms with Gasteiger partial charge >= 0.3 is 11.7 Å². The summed E-state index contributed by atoms with van der Waals surface area (Å²) in [5, 5.41) is 8.88. The molecule has 108 valence electrons. The van der Waals surface area contributed by atoms with Crippen LogP contribution in [0.1, 0.15) is 13.3 Å². The Bertz CT molecular complexity index is 805. The van der Waals surface area contributed by atoms with Crippen molar-refractivity contribution >= 4 is 27.0 Å². The zero-order valence-corrected chi connectivity index (χ0v) is 11.3. The fraction of sp³-hybridized carbons (Fsp3) is 0.273. The molecule has 0 spiro atoms. The Labute approximate surface area is 113 Å². The number of hydrogen-bond donors (Lipinski definition) is 4.